The molecule has 0 radical (unpaired) electrons. The van der Waals surface area contributed by atoms with E-state index in [1.807, 2.05) is 0 Å². The predicted molar refractivity (Wildman–Crippen MR) is 74.5 cm³/mol. The second-order valence-corrected chi connectivity index (χ2v) is 6.25. The van der Waals surface area contributed by atoms with Gasteiger partial charge in [0, 0.05) is 12.3 Å². The molecule has 0 aromatic carbocycles. The zero-order valence-corrected chi connectivity index (χ0v) is 12.5. The maximum atomic E-state index is 15.0. The molecule has 1 saturated heterocycles. The van der Waals surface area contributed by atoms with Crippen LogP contribution in [0.25, 0.3) is 0 Å². The minimum Gasteiger partial charge on any atom is -0.352 e. The summed E-state index contributed by atoms with van der Waals surface area (Å²) in [6, 6.07) is 0. The van der Waals surface area contributed by atoms with Gasteiger partial charge in [0.15, 0.2) is 6.29 Å². The van der Waals surface area contributed by atoms with Crippen molar-refractivity contribution in [2.75, 3.05) is 6.61 Å². The molecule has 1 aliphatic carbocycles. The highest BCUT2D eigenvalue weighted by molar-refractivity contribution is 4.85. The predicted octanol–water partition coefficient (Wildman–Crippen LogP) is 4.82. The minimum absolute atomic E-state index is 0.0869. The highest BCUT2D eigenvalue weighted by Crippen LogP contribution is 2.43. The highest BCUT2D eigenvalue weighted by atomic mass is 19.2. The standard InChI is InChI=1S/C16H29FO2/c1-3-5-13-7-9-14(10-8-13)16(17)11-12-18-15(19-16)6-4-2/h13-15H,3-12H2,1-2H3/t13?,14?,15-,16+/m0/s1. The van der Waals surface area contributed by atoms with Gasteiger partial charge in [-0.2, -0.15) is 0 Å². The Kier molecular flexibility index (Phi) is 5.64. The zero-order chi connectivity index (χ0) is 13.7. The SMILES string of the molecule is CCCC1CCC([C@@]2(F)CCO[C@H](CCC)O2)CC1. The average molecular weight is 272 g/mol. The molecule has 2 aliphatic rings. The molecule has 0 aromatic rings. The number of hydrogen-bond donors (Lipinski definition) is 0. The Labute approximate surface area is 117 Å². The van der Waals surface area contributed by atoms with E-state index in [9.17, 15) is 0 Å². The zero-order valence-electron chi connectivity index (χ0n) is 12.5. The number of rotatable bonds is 5. The third-order valence-electron chi connectivity index (χ3n) is 4.75. The van der Waals surface area contributed by atoms with Crippen molar-refractivity contribution in [3.8, 4) is 0 Å². The normalized spacial score (nSPS) is 40.3. The third kappa shape index (κ3) is 3.91. The van der Waals surface area contributed by atoms with Crippen molar-refractivity contribution in [2.45, 2.75) is 83.8 Å². The first-order chi connectivity index (χ1) is 9.18. The van der Waals surface area contributed by atoms with Crippen molar-refractivity contribution in [3.05, 3.63) is 0 Å². The number of alkyl halides is 1. The van der Waals surface area contributed by atoms with Gasteiger partial charge in [0.1, 0.15) is 0 Å². The van der Waals surface area contributed by atoms with E-state index in [4.69, 9.17) is 9.47 Å². The molecule has 0 N–H and O–H groups in total. The van der Waals surface area contributed by atoms with Crippen LogP contribution in [0.4, 0.5) is 4.39 Å². The quantitative estimate of drug-likeness (QED) is 0.714. The molecule has 2 atom stereocenters. The Morgan fingerprint density at radius 2 is 1.74 bits per heavy atom. The van der Waals surface area contributed by atoms with Crippen molar-refractivity contribution in [3.63, 3.8) is 0 Å². The summed E-state index contributed by atoms with van der Waals surface area (Å²) in [6.07, 6.45) is 8.74. The molecule has 0 spiro atoms. The maximum Gasteiger partial charge on any atom is 0.216 e. The van der Waals surface area contributed by atoms with Crippen LogP contribution >= 0.6 is 0 Å². The topological polar surface area (TPSA) is 18.5 Å². The van der Waals surface area contributed by atoms with Crippen LogP contribution in [-0.4, -0.2) is 18.8 Å². The van der Waals surface area contributed by atoms with Crippen LogP contribution in [0.5, 0.6) is 0 Å². The van der Waals surface area contributed by atoms with E-state index < -0.39 is 5.85 Å². The van der Waals surface area contributed by atoms with E-state index in [0.29, 0.717) is 13.0 Å². The van der Waals surface area contributed by atoms with Crippen molar-refractivity contribution in [1.29, 1.82) is 0 Å². The first-order valence-electron chi connectivity index (χ1n) is 8.16. The summed E-state index contributed by atoms with van der Waals surface area (Å²) in [5.41, 5.74) is 0. The first kappa shape index (κ1) is 15.2. The van der Waals surface area contributed by atoms with Crippen molar-refractivity contribution in [2.24, 2.45) is 11.8 Å². The molecular formula is C16H29FO2. The molecule has 0 aromatic heterocycles. The molecule has 3 heteroatoms. The molecule has 112 valence electrons. The molecule has 0 unspecified atom stereocenters. The highest BCUT2D eigenvalue weighted by Gasteiger charge is 2.45. The van der Waals surface area contributed by atoms with E-state index in [1.165, 1.54) is 25.7 Å². The molecule has 2 rings (SSSR count). The number of halogens is 1. The van der Waals surface area contributed by atoms with Crippen LogP contribution in [0.3, 0.4) is 0 Å². The second-order valence-electron chi connectivity index (χ2n) is 6.25. The van der Waals surface area contributed by atoms with E-state index in [-0.39, 0.29) is 12.2 Å². The Balaban J connectivity index is 1.86. The van der Waals surface area contributed by atoms with Crippen LogP contribution in [0.2, 0.25) is 0 Å². The summed E-state index contributed by atoms with van der Waals surface area (Å²) in [5.74, 6) is -0.519. The summed E-state index contributed by atoms with van der Waals surface area (Å²) in [6.45, 7) is 4.83. The van der Waals surface area contributed by atoms with Crippen LogP contribution < -0.4 is 0 Å². The van der Waals surface area contributed by atoms with Crippen molar-refractivity contribution in [1.82, 2.24) is 0 Å². The van der Waals surface area contributed by atoms with E-state index in [0.717, 1.165) is 31.6 Å². The summed E-state index contributed by atoms with van der Waals surface area (Å²) in [4.78, 5) is 0. The fraction of sp³-hybridized carbons (Fsp3) is 1.00. The van der Waals surface area contributed by atoms with Crippen LogP contribution in [-0.2, 0) is 9.47 Å². The fourth-order valence-electron chi connectivity index (χ4n) is 3.61. The molecule has 19 heavy (non-hydrogen) atoms. The van der Waals surface area contributed by atoms with Gasteiger partial charge in [-0.15, -0.1) is 0 Å². The summed E-state index contributed by atoms with van der Waals surface area (Å²) in [7, 11) is 0. The lowest BCUT2D eigenvalue weighted by Gasteiger charge is -2.42. The fourth-order valence-corrected chi connectivity index (χ4v) is 3.61. The summed E-state index contributed by atoms with van der Waals surface area (Å²) < 4.78 is 26.2. The lowest BCUT2D eigenvalue weighted by Crippen LogP contribution is -2.46. The minimum atomic E-state index is -1.42. The van der Waals surface area contributed by atoms with Gasteiger partial charge in [0.25, 0.3) is 0 Å². The Hall–Kier alpha value is -0.150. The molecular weight excluding hydrogens is 243 g/mol. The molecule has 1 heterocycles. The van der Waals surface area contributed by atoms with Gasteiger partial charge in [-0.1, -0.05) is 33.1 Å². The molecule has 2 nitrogen and oxygen atoms in total. The molecule has 1 aliphatic heterocycles. The average Bonchev–Trinajstić information content (AvgIpc) is 2.40. The molecule has 0 bridgehead atoms. The maximum absolute atomic E-state index is 15.0. The van der Waals surface area contributed by atoms with Gasteiger partial charge in [-0.05, 0) is 38.0 Å². The Bertz CT molecular complexity index is 261. The Morgan fingerprint density at radius 1 is 1.05 bits per heavy atom. The van der Waals surface area contributed by atoms with Crippen molar-refractivity contribution < 1.29 is 13.9 Å². The Morgan fingerprint density at radius 3 is 2.37 bits per heavy atom. The number of hydrogen-bond acceptors (Lipinski definition) is 2. The van der Waals surface area contributed by atoms with E-state index in [2.05, 4.69) is 13.8 Å². The smallest absolute Gasteiger partial charge is 0.216 e. The monoisotopic (exact) mass is 272 g/mol. The third-order valence-corrected chi connectivity index (χ3v) is 4.75. The largest absolute Gasteiger partial charge is 0.352 e. The second kappa shape index (κ2) is 7.03. The number of ether oxygens (including phenoxy) is 2. The van der Waals surface area contributed by atoms with E-state index in [1.54, 1.807) is 0 Å². The summed E-state index contributed by atoms with van der Waals surface area (Å²) >= 11 is 0. The van der Waals surface area contributed by atoms with Gasteiger partial charge in [-0.3, -0.25) is 0 Å². The van der Waals surface area contributed by atoms with Gasteiger partial charge < -0.3 is 9.47 Å². The molecule has 1 saturated carbocycles. The van der Waals surface area contributed by atoms with Crippen LogP contribution in [0.15, 0.2) is 0 Å². The van der Waals surface area contributed by atoms with Gasteiger partial charge >= 0.3 is 0 Å². The van der Waals surface area contributed by atoms with Gasteiger partial charge in [-0.25, -0.2) is 4.39 Å². The van der Waals surface area contributed by atoms with Gasteiger partial charge in [0.2, 0.25) is 5.85 Å². The van der Waals surface area contributed by atoms with Gasteiger partial charge in [0.05, 0.1) is 6.61 Å². The van der Waals surface area contributed by atoms with Crippen molar-refractivity contribution >= 4 is 0 Å². The van der Waals surface area contributed by atoms with Crippen LogP contribution in [0.1, 0.15) is 71.6 Å². The molecule has 0 amide bonds. The van der Waals surface area contributed by atoms with E-state index >= 15 is 4.39 Å². The first-order valence-corrected chi connectivity index (χ1v) is 8.16. The summed E-state index contributed by atoms with van der Waals surface area (Å²) in [5, 5.41) is 0. The van der Waals surface area contributed by atoms with Crippen LogP contribution in [0, 0.1) is 11.8 Å². The lowest BCUT2D eigenvalue weighted by atomic mass is 9.76. The lowest BCUT2D eigenvalue weighted by molar-refractivity contribution is -0.324. The molecule has 2 fully saturated rings.